The molecule has 0 aromatic heterocycles. The maximum absolute atomic E-state index is 11.1. The molecule has 0 aliphatic carbocycles. The largest absolute Gasteiger partial charge is 0.478 e. The van der Waals surface area contributed by atoms with Gasteiger partial charge in [0, 0.05) is 24.0 Å². The van der Waals surface area contributed by atoms with E-state index in [0.717, 1.165) is 33.8 Å². The first-order valence-electron chi connectivity index (χ1n) is 10.7. The molecule has 34 heavy (non-hydrogen) atoms. The van der Waals surface area contributed by atoms with E-state index in [1.165, 1.54) is 0 Å². The predicted octanol–water partition coefficient (Wildman–Crippen LogP) is 6.16. The minimum atomic E-state index is -0.912. The van der Waals surface area contributed by atoms with Gasteiger partial charge in [0.05, 0.1) is 11.1 Å². The molecule has 0 fully saturated rings. The van der Waals surface area contributed by atoms with Crippen LogP contribution in [0.5, 0.6) is 23.0 Å². The van der Waals surface area contributed by atoms with Gasteiger partial charge in [-0.25, -0.2) is 9.59 Å². The lowest BCUT2D eigenvalue weighted by Gasteiger charge is -2.21. The molecule has 6 heteroatoms. The number of fused-ring (bicyclic) bond motifs is 4. The molecule has 0 unspecified atom stereocenters. The van der Waals surface area contributed by atoms with Crippen LogP contribution in [-0.4, -0.2) is 22.2 Å². The smallest absolute Gasteiger partial charge is 0.336 e. The number of benzene rings is 4. The summed E-state index contributed by atoms with van der Waals surface area (Å²) in [5.74, 6) is 1.08. The van der Waals surface area contributed by atoms with E-state index in [2.05, 4.69) is 0 Å². The van der Waals surface area contributed by atoms with Crippen molar-refractivity contribution in [2.45, 2.75) is 12.8 Å². The molecule has 0 atom stereocenters. The zero-order valence-corrected chi connectivity index (χ0v) is 18.0. The Morgan fingerprint density at radius 1 is 0.529 bits per heavy atom. The van der Waals surface area contributed by atoms with Gasteiger partial charge in [-0.05, 0) is 47.5 Å². The number of hydrogen-bond donors (Lipinski definition) is 2. The number of ether oxygens (including phenoxy) is 2. The minimum Gasteiger partial charge on any atom is -0.478 e. The second-order valence-electron chi connectivity index (χ2n) is 7.95. The van der Waals surface area contributed by atoms with Gasteiger partial charge in [-0.3, -0.25) is 0 Å². The number of aromatic carboxylic acids is 2. The molecule has 0 radical (unpaired) electrons. The molecule has 4 aromatic rings. The maximum Gasteiger partial charge on any atom is 0.336 e. The molecule has 0 saturated carbocycles. The van der Waals surface area contributed by atoms with Gasteiger partial charge in [-0.1, -0.05) is 48.5 Å². The van der Waals surface area contributed by atoms with Crippen LogP contribution < -0.4 is 9.47 Å². The Morgan fingerprint density at radius 3 is 1.32 bits per heavy atom. The van der Waals surface area contributed by atoms with Gasteiger partial charge in [-0.15, -0.1) is 0 Å². The molecular weight excluding hydrogens is 432 g/mol. The lowest BCUT2D eigenvalue weighted by atomic mass is 9.96. The summed E-state index contributed by atoms with van der Waals surface area (Å²) in [6.45, 7) is 0. The summed E-state index contributed by atoms with van der Waals surface area (Å²) >= 11 is 0. The Hall–Kier alpha value is -4.58. The van der Waals surface area contributed by atoms with Gasteiger partial charge in [0.25, 0.3) is 0 Å². The Bertz CT molecular complexity index is 1310. The highest BCUT2D eigenvalue weighted by molar-refractivity contribution is 5.91. The topological polar surface area (TPSA) is 93.1 Å². The number of carboxylic acids is 2. The quantitative estimate of drug-likeness (QED) is 0.327. The van der Waals surface area contributed by atoms with E-state index in [0.29, 0.717) is 35.5 Å². The van der Waals surface area contributed by atoms with E-state index >= 15 is 0 Å². The van der Waals surface area contributed by atoms with Crippen LogP contribution in [0.2, 0.25) is 0 Å². The molecule has 168 valence electrons. The van der Waals surface area contributed by atoms with Crippen molar-refractivity contribution in [2.75, 3.05) is 0 Å². The fraction of sp³-hybridized carbons (Fsp3) is 0.0714. The lowest BCUT2D eigenvalue weighted by molar-refractivity contribution is 0.0684. The number of hydrogen-bond acceptors (Lipinski definition) is 4. The van der Waals surface area contributed by atoms with Crippen LogP contribution in [-0.2, 0) is 12.8 Å². The SMILES string of the molecule is O=C(O)c1cccc2c1Cc1ccccc1O2.O=C(O)c1cccc2c1Cc1ccccc1O2. The normalized spacial score (nSPS) is 12.2. The summed E-state index contributed by atoms with van der Waals surface area (Å²) in [5, 5.41) is 18.3. The summed E-state index contributed by atoms with van der Waals surface area (Å²) < 4.78 is 11.4. The Balaban J connectivity index is 0.000000142. The average molecular weight is 452 g/mol. The van der Waals surface area contributed by atoms with Crippen LogP contribution in [0.4, 0.5) is 0 Å². The Labute approximate surface area is 195 Å². The van der Waals surface area contributed by atoms with Crippen molar-refractivity contribution in [3.05, 3.63) is 118 Å². The average Bonchev–Trinajstić information content (AvgIpc) is 2.85. The van der Waals surface area contributed by atoms with E-state index in [1.807, 2.05) is 48.5 Å². The molecule has 2 heterocycles. The van der Waals surface area contributed by atoms with E-state index < -0.39 is 11.9 Å². The van der Waals surface area contributed by atoms with Crippen molar-refractivity contribution in [1.82, 2.24) is 0 Å². The molecule has 0 saturated heterocycles. The predicted molar refractivity (Wildman–Crippen MR) is 125 cm³/mol. The van der Waals surface area contributed by atoms with Crippen LogP contribution >= 0.6 is 0 Å². The van der Waals surface area contributed by atoms with E-state index in [-0.39, 0.29) is 0 Å². The highest BCUT2D eigenvalue weighted by atomic mass is 16.5. The zero-order chi connectivity index (χ0) is 23.7. The summed E-state index contributed by atoms with van der Waals surface area (Å²) in [7, 11) is 0. The number of para-hydroxylation sites is 2. The van der Waals surface area contributed by atoms with Gasteiger partial charge in [0.15, 0.2) is 0 Å². The van der Waals surface area contributed by atoms with Crippen molar-refractivity contribution in [3.63, 3.8) is 0 Å². The van der Waals surface area contributed by atoms with Gasteiger partial charge in [0.2, 0.25) is 0 Å². The van der Waals surface area contributed by atoms with Crippen LogP contribution in [0.25, 0.3) is 0 Å². The first kappa shape index (κ1) is 21.3. The molecule has 0 amide bonds. The molecule has 6 rings (SSSR count). The highest BCUT2D eigenvalue weighted by Crippen LogP contribution is 2.38. The van der Waals surface area contributed by atoms with Crippen LogP contribution in [0.3, 0.4) is 0 Å². The van der Waals surface area contributed by atoms with E-state index in [4.69, 9.17) is 19.7 Å². The second kappa shape index (κ2) is 8.75. The Kier molecular flexibility index (Phi) is 5.47. The van der Waals surface area contributed by atoms with E-state index in [1.54, 1.807) is 36.4 Å². The van der Waals surface area contributed by atoms with Crippen molar-refractivity contribution in [1.29, 1.82) is 0 Å². The highest BCUT2D eigenvalue weighted by Gasteiger charge is 2.22. The van der Waals surface area contributed by atoms with Gasteiger partial charge in [0.1, 0.15) is 23.0 Å². The third-order valence-electron chi connectivity index (χ3n) is 5.85. The third kappa shape index (κ3) is 3.97. The minimum absolute atomic E-state index is 0.317. The summed E-state index contributed by atoms with van der Waals surface area (Å²) in [6.07, 6.45) is 1.21. The lowest BCUT2D eigenvalue weighted by Crippen LogP contribution is -2.09. The van der Waals surface area contributed by atoms with Gasteiger partial charge >= 0.3 is 11.9 Å². The summed E-state index contributed by atoms with van der Waals surface area (Å²) in [6, 6.07) is 25.6. The fourth-order valence-electron chi connectivity index (χ4n) is 4.20. The molecule has 4 aromatic carbocycles. The first-order chi connectivity index (χ1) is 16.5. The number of carbonyl (C=O) groups is 2. The monoisotopic (exact) mass is 452 g/mol. The van der Waals surface area contributed by atoms with Crippen LogP contribution in [0.1, 0.15) is 43.0 Å². The molecule has 2 aliphatic heterocycles. The number of rotatable bonds is 2. The van der Waals surface area contributed by atoms with E-state index in [9.17, 15) is 9.59 Å². The Morgan fingerprint density at radius 2 is 0.912 bits per heavy atom. The molecule has 2 aliphatic rings. The van der Waals surface area contributed by atoms with Crippen molar-refractivity contribution < 1.29 is 29.3 Å². The van der Waals surface area contributed by atoms with Crippen LogP contribution in [0.15, 0.2) is 84.9 Å². The standard InChI is InChI=1S/2C14H10O3/c2*15-14(16)10-5-3-7-13-11(10)8-9-4-1-2-6-12(9)17-13/h2*1-7H,8H2,(H,15,16). The summed E-state index contributed by atoms with van der Waals surface area (Å²) in [5.41, 5.74) is 4.17. The van der Waals surface area contributed by atoms with Crippen molar-refractivity contribution in [3.8, 4) is 23.0 Å². The molecule has 2 N–H and O–H groups in total. The third-order valence-corrected chi connectivity index (χ3v) is 5.85. The van der Waals surface area contributed by atoms with Crippen LogP contribution in [0, 0.1) is 0 Å². The fourth-order valence-corrected chi connectivity index (χ4v) is 4.20. The first-order valence-corrected chi connectivity index (χ1v) is 10.7. The molecular formula is C28H20O6. The molecule has 0 bridgehead atoms. The summed E-state index contributed by atoms with van der Waals surface area (Å²) in [4.78, 5) is 22.3. The number of carboxylic acid groups (broad SMARTS) is 2. The van der Waals surface area contributed by atoms with Crippen molar-refractivity contribution in [2.24, 2.45) is 0 Å². The maximum atomic E-state index is 11.1. The van der Waals surface area contributed by atoms with Gasteiger partial charge < -0.3 is 19.7 Å². The molecule has 6 nitrogen and oxygen atoms in total. The van der Waals surface area contributed by atoms with Gasteiger partial charge in [-0.2, -0.15) is 0 Å². The second-order valence-corrected chi connectivity index (χ2v) is 7.95. The molecule has 0 spiro atoms. The zero-order valence-electron chi connectivity index (χ0n) is 18.0. The van der Waals surface area contributed by atoms with Crippen molar-refractivity contribution >= 4 is 11.9 Å².